The number of rotatable bonds is 4. The monoisotopic (exact) mass is 294 g/mol. The van der Waals surface area contributed by atoms with Gasteiger partial charge in [-0.3, -0.25) is 0 Å². The Balaban J connectivity index is 2.04. The SMILES string of the molecule is CC(C)Nc1ccnc2c1cnn2-c1ccc(C(C)C)cc1. The highest BCUT2D eigenvalue weighted by Crippen LogP contribution is 2.24. The van der Waals surface area contributed by atoms with Crippen LogP contribution in [0.3, 0.4) is 0 Å². The zero-order chi connectivity index (χ0) is 15.7. The maximum Gasteiger partial charge on any atom is 0.164 e. The predicted octanol–water partition coefficient (Wildman–Crippen LogP) is 4.36. The van der Waals surface area contributed by atoms with E-state index in [1.54, 1.807) is 0 Å². The summed E-state index contributed by atoms with van der Waals surface area (Å²) in [5.74, 6) is 0.531. The normalized spacial score (nSPS) is 11.5. The molecule has 0 radical (unpaired) electrons. The molecule has 0 spiro atoms. The van der Waals surface area contributed by atoms with Gasteiger partial charge in [-0.1, -0.05) is 26.0 Å². The van der Waals surface area contributed by atoms with Crippen LogP contribution in [0.15, 0.2) is 42.7 Å². The molecule has 0 saturated heterocycles. The van der Waals surface area contributed by atoms with Crippen LogP contribution in [0, 0.1) is 0 Å². The molecule has 0 aliphatic heterocycles. The lowest BCUT2D eigenvalue weighted by Crippen LogP contribution is -2.10. The van der Waals surface area contributed by atoms with E-state index in [-0.39, 0.29) is 0 Å². The highest BCUT2D eigenvalue weighted by molar-refractivity contribution is 5.89. The lowest BCUT2D eigenvalue weighted by Gasteiger charge is -2.11. The summed E-state index contributed by atoms with van der Waals surface area (Å²) in [4.78, 5) is 4.50. The molecule has 2 aromatic heterocycles. The third kappa shape index (κ3) is 2.69. The predicted molar refractivity (Wildman–Crippen MR) is 91.7 cm³/mol. The first-order chi connectivity index (χ1) is 10.6. The van der Waals surface area contributed by atoms with Gasteiger partial charge in [-0.05, 0) is 43.5 Å². The van der Waals surface area contributed by atoms with Crippen LogP contribution in [0.4, 0.5) is 5.69 Å². The van der Waals surface area contributed by atoms with E-state index in [0.717, 1.165) is 22.4 Å². The summed E-state index contributed by atoms with van der Waals surface area (Å²) in [5, 5.41) is 9.01. The van der Waals surface area contributed by atoms with Gasteiger partial charge in [0.1, 0.15) is 0 Å². The van der Waals surface area contributed by atoms with Crippen molar-refractivity contribution < 1.29 is 0 Å². The third-order valence-electron chi connectivity index (χ3n) is 3.72. The van der Waals surface area contributed by atoms with Crippen LogP contribution in [0.1, 0.15) is 39.2 Å². The Hall–Kier alpha value is -2.36. The first kappa shape index (κ1) is 14.6. The maximum absolute atomic E-state index is 4.52. The number of pyridine rings is 1. The minimum absolute atomic E-state index is 0.374. The fourth-order valence-electron chi connectivity index (χ4n) is 2.55. The van der Waals surface area contributed by atoms with Gasteiger partial charge in [0.05, 0.1) is 17.3 Å². The molecule has 1 aromatic carbocycles. The summed E-state index contributed by atoms with van der Waals surface area (Å²) in [6, 6.07) is 10.9. The quantitative estimate of drug-likeness (QED) is 0.777. The van der Waals surface area contributed by atoms with Crippen molar-refractivity contribution in [3.05, 3.63) is 48.3 Å². The van der Waals surface area contributed by atoms with Gasteiger partial charge in [-0.25, -0.2) is 9.67 Å². The Labute approximate surface area is 131 Å². The molecule has 4 heteroatoms. The lowest BCUT2D eigenvalue weighted by atomic mass is 10.0. The molecule has 0 aliphatic carbocycles. The number of nitrogens with one attached hydrogen (secondary N) is 1. The largest absolute Gasteiger partial charge is 0.382 e. The molecule has 0 fully saturated rings. The molecule has 1 N–H and O–H groups in total. The zero-order valence-electron chi connectivity index (χ0n) is 13.5. The molecule has 0 unspecified atom stereocenters. The second-order valence-electron chi connectivity index (χ2n) is 6.20. The summed E-state index contributed by atoms with van der Waals surface area (Å²) >= 11 is 0. The highest BCUT2D eigenvalue weighted by atomic mass is 15.3. The van der Waals surface area contributed by atoms with Gasteiger partial charge >= 0.3 is 0 Å². The van der Waals surface area contributed by atoms with Crippen molar-refractivity contribution in [3.8, 4) is 5.69 Å². The molecule has 0 saturated carbocycles. The molecule has 4 nitrogen and oxygen atoms in total. The van der Waals surface area contributed by atoms with Crippen molar-refractivity contribution in [1.29, 1.82) is 0 Å². The average Bonchev–Trinajstić information content (AvgIpc) is 2.92. The van der Waals surface area contributed by atoms with Crippen molar-refractivity contribution in [2.75, 3.05) is 5.32 Å². The number of benzene rings is 1. The van der Waals surface area contributed by atoms with Gasteiger partial charge in [0.15, 0.2) is 5.65 Å². The minimum Gasteiger partial charge on any atom is -0.382 e. The van der Waals surface area contributed by atoms with Gasteiger partial charge < -0.3 is 5.32 Å². The standard InChI is InChI=1S/C18H22N4/c1-12(2)14-5-7-15(8-6-14)22-18-16(11-20-22)17(9-10-19-18)21-13(3)4/h5-13H,1-4H3,(H,19,21). The van der Waals surface area contributed by atoms with Gasteiger partial charge in [0.25, 0.3) is 0 Å². The topological polar surface area (TPSA) is 42.7 Å². The van der Waals surface area contributed by atoms with E-state index in [1.807, 2.05) is 23.1 Å². The van der Waals surface area contributed by atoms with Crippen LogP contribution < -0.4 is 5.32 Å². The van der Waals surface area contributed by atoms with Crippen molar-refractivity contribution in [1.82, 2.24) is 14.8 Å². The molecule has 3 rings (SSSR count). The molecule has 114 valence electrons. The summed E-state index contributed by atoms with van der Waals surface area (Å²) in [7, 11) is 0. The summed E-state index contributed by atoms with van der Waals surface area (Å²) in [6.45, 7) is 8.65. The second kappa shape index (κ2) is 5.79. The number of anilines is 1. The molecule has 2 heterocycles. The van der Waals surface area contributed by atoms with Gasteiger partial charge in [-0.15, -0.1) is 0 Å². The molecule has 3 aromatic rings. The van der Waals surface area contributed by atoms with Crippen LogP contribution in [0.25, 0.3) is 16.7 Å². The van der Waals surface area contributed by atoms with Crippen molar-refractivity contribution in [2.24, 2.45) is 0 Å². The van der Waals surface area contributed by atoms with Crippen LogP contribution in [0.5, 0.6) is 0 Å². The van der Waals surface area contributed by atoms with E-state index >= 15 is 0 Å². The Morgan fingerprint density at radius 2 is 1.73 bits per heavy atom. The van der Waals surface area contributed by atoms with Crippen molar-refractivity contribution >= 4 is 16.7 Å². The fourth-order valence-corrected chi connectivity index (χ4v) is 2.55. The fraction of sp³-hybridized carbons (Fsp3) is 0.333. The molecule has 22 heavy (non-hydrogen) atoms. The van der Waals surface area contributed by atoms with Gasteiger partial charge in [-0.2, -0.15) is 5.10 Å². The van der Waals surface area contributed by atoms with E-state index in [9.17, 15) is 0 Å². The Kier molecular flexibility index (Phi) is 3.84. The van der Waals surface area contributed by atoms with Crippen LogP contribution in [-0.4, -0.2) is 20.8 Å². The van der Waals surface area contributed by atoms with Gasteiger partial charge in [0.2, 0.25) is 0 Å². The number of aromatic nitrogens is 3. The summed E-state index contributed by atoms with van der Waals surface area (Å²) < 4.78 is 1.89. The molecule has 0 atom stereocenters. The smallest absolute Gasteiger partial charge is 0.164 e. The third-order valence-corrected chi connectivity index (χ3v) is 3.72. The first-order valence-corrected chi connectivity index (χ1v) is 7.76. The zero-order valence-corrected chi connectivity index (χ0v) is 13.5. The van der Waals surface area contributed by atoms with E-state index in [1.165, 1.54) is 5.56 Å². The summed E-state index contributed by atoms with van der Waals surface area (Å²) in [6.07, 6.45) is 3.71. The number of hydrogen-bond acceptors (Lipinski definition) is 3. The van der Waals surface area contributed by atoms with Crippen LogP contribution in [0.2, 0.25) is 0 Å². The van der Waals surface area contributed by atoms with Gasteiger partial charge in [0, 0.05) is 17.9 Å². The van der Waals surface area contributed by atoms with E-state index < -0.39 is 0 Å². The number of hydrogen-bond donors (Lipinski definition) is 1. The Bertz CT molecular complexity index is 769. The molecule has 0 amide bonds. The Morgan fingerprint density at radius 1 is 1.00 bits per heavy atom. The summed E-state index contributed by atoms with van der Waals surface area (Å²) in [5.41, 5.74) is 4.32. The number of fused-ring (bicyclic) bond motifs is 1. The van der Waals surface area contributed by atoms with E-state index in [4.69, 9.17) is 0 Å². The molecular weight excluding hydrogens is 272 g/mol. The van der Waals surface area contributed by atoms with Crippen LogP contribution in [-0.2, 0) is 0 Å². The maximum atomic E-state index is 4.52. The molecule has 0 aliphatic rings. The lowest BCUT2D eigenvalue weighted by molar-refractivity contribution is 0.858. The van der Waals surface area contributed by atoms with Crippen molar-refractivity contribution in [3.63, 3.8) is 0 Å². The highest BCUT2D eigenvalue weighted by Gasteiger charge is 2.10. The Morgan fingerprint density at radius 3 is 2.36 bits per heavy atom. The van der Waals surface area contributed by atoms with Crippen LogP contribution >= 0.6 is 0 Å². The van der Waals surface area contributed by atoms with E-state index in [0.29, 0.717) is 12.0 Å². The average molecular weight is 294 g/mol. The second-order valence-corrected chi connectivity index (χ2v) is 6.20. The first-order valence-electron chi connectivity index (χ1n) is 7.76. The minimum atomic E-state index is 0.374. The molecular formula is C18H22N4. The van der Waals surface area contributed by atoms with E-state index in [2.05, 4.69) is 67.4 Å². The van der Waals surface area contributed by atoms with Crippen molar-refractivity contribution in [2.45, 2.75) is 39.7 Å². The molecule has 0 bridgehead atoms. The number of nitrogens with zero attached hydrogens (tertiary/aromatic N) is 3.